The number of carbonyl (C=O) groups is 5. The minimum Gasteiger partial charge on any atom is -0.465 e. The first-order chi connectivity index (χ1) is 35.8. The molecule has 19 nitrogen and oxygen atoms in total. The summed E-state index contributed by atoms with van der Waals surface area (Å²) in [5, 5.41) is 36.8. The molecule has 4 amide bonds. The number of aliphatic hydroxyl groups excluding tert-OH is 3. The molecule has 4 aliphatic heterocycles. The van der Waals surface area contributed by atoms with E-state index in [-0.39, 0.29) is 56.7 Å². The lowest BCUT2D eigenvalue weighted by Gasteiger charge is -2.37. The second-order valence-corrected chi connectivity index (χ2v) is 21.4. The number of likely N-dealkylation sites (tertiary alicyclic amines) is 1. The number of esters is 1. The minimum absolute atomic E-state index is 0.0632. The largest absolute Gasteiger partial charge is 0.465 e. The van der Waals surface area contributed by atoms with E-state index in [1.807, 2.05) is 44.2 Å². The van der Waals surface area contributed by atoms with Crippen LogP contribution in [0, 0.1) is 17.3 Å². The molecule has 8 rings (SSSR count). The predicted octanol–water partition coefficient (Wildman–Crippen LogP) is 3.91. The number of cyclic esters (lactones) is 1. The van der Waals surface area contributed by atoms with Crippen molar-refractivity contribution >= 4 is 40.5 Å². The number of benzene rings is 2. The van der Waals surface area contributed by atoms with Crippen LogP contribution < -0.4 is 15.5 Å². The number of rotatable bonds is 13. The second kappa shape index (κ2) is 23.3. The van der Waals surface area contributed by atoms with Crippen molar-refractivity contribution in [2.45, 2.75) is 129 Å². The normalized spacial score (nSPS) is 24.6. The third kappa shape index (κ3) is 11.9. The fraction of sp³-hybridized carbons (Fsp3) is 0.536. The molecule has 0 spiro atoms. The molecule has 6 heterocycles. The Morgan fingerprint density at radius 1 is 1.08 bits per heavy atom. The highest BCUT2D eigenvalue weighted by Gasteiger charge is 2.41. The average Bonchev–Trinajstić information content (AvgIpc) is 4.02. The Bertz CT molecular complexity index is 2780. The van der Waals surface area contributed by atoms with E-state index in [1.54, 1.807) is 31.3 Å². The zero-order chi connectivity index (χ0) is 53.9. The summed E-state index contributed by atoms with van der Waals surface area (Å²) in [6, 6.07) is 12.5. The molecule has 4 aromatic rings. The third-order valence-corrected chi connectivity index (χ3v) is 14.9. The van der Waals surface area contributed by atoms with Crippen LogP contribution in [0.25, 0.3) is 33.3 Å². The average molecular weight is 1040 g/mol. The number of pyridine rings is 1. The van der Waals surface area contributed by atoms with Crippen LogP contribution >= 0.6 is 0 Å². The second-order valence-electron chi connectivity index (χ2n) is 21.4. The van der Waals surface area contributed by atoms with Crippen molar-refractivity contribution in [1.82, 2.24) is 35.1 Å². The van der Waals surface area contributed by atoms with Gasteiger partial charge in [0.25, 0.3) is 5.91 Å². The van der Waals surface area contributed by atoms with Crippen LogP contribution in [0.1, 0.15) is 77.1 Å². The molecule has 3 fully saturated rings. The van der Waals surface area contributed by atoms with Gasteiger partial charge in [0.2, 0.25) is 24.0 Å². The van der Waals surface area contributed by atoms with Gasteiger partial charge in [-0.25, -0.2) is 5.43 Å². The molecule has 75 heavy (non-hydrogen) atoms. The number of likely N-dealkylation sites (N-methyl/N-ethyl adjacent to an activating group) is 1. The molecule has 6 bridgehead atoms. The van der Waals surface area contributed by atoms with Crippen LogP contribution in [0.2, 0.25) is 0 Å². The fourth-order valence-corrected chi connectivity index (χ4v) is 11.2. The Kier molecular flexibility index (Phi) is 17.1. The first-order valence-electron chi connectivity index (χ1n) is 26.1. The zero-order valence-corrected chi connectivity index (χ0v) is 44.1. The van der Waals surface area contributed by atoms with Crippen LogP contribution in [0.3, 0.4) is 0 Å². The van der Waals surface area contributed by atoms with Gasteiger partial charge in [0, 0.05) is 81.3 Å². The molecule has 404 valence electrons. The number of nitrogens with one attached hydrogen (secondary N) is 2. The Morgan fingerprint density at radius 2 is 1.87 bits per heavy atom. The number of aryl methyl sites for hydroxylation is 1. The molecule has 3 saturated heterocycles. The number of nitrogens with zero attached hydrogens (tertiary/aromatic N) is 5. The Balaban J connectivity index is 1.26. The number of ether oxygens (including phenoxy) is 4. The molecule has 0 radical (unpaired) electrons. The topological polar surface area (TPSA) is 235 Å². The molecule has 0 saturated carbocycles. The van der Waals surface area contributed by atoms with Crippen LogP contribution in [-0.4, -0.2) is 159 Å². The summed E-state index contributed by atoms with van der Waals surface area (Å²) in [6.07, 6.45) is -0.242. The van der Waals surface area contributed by atoms with E-state index in [1.165, 1.54) is 16.0 Å². The number of carbonyl (C=O) groups excluding carboxylic acids is 5. The maximum atomic E-state index is 15.1. The number of hydrogen-bond acceptors (Lipinski definition) is 14. The summed E-state index contributed by atoms with van der Waals surface area (Å²) in [7, 11) is 3.20. The van der Waals surface area contributed by atoms with Gasteiger partial charge >= 0.3 is 5.97 Å². The van der Waals surface area contributed by atoms with Gasteiger partial charge in [-0.2, -0.15) is 0 Å². The van der Waals surface area contributed by atoms with Gasteiger partial charge < -0.3 is 54.0 Å². The van der Waals surface area contributed by atoms with E-state index in [4.69, 9.17) is 23.9 Å². The summed E-state index contributed by atoms with van der Waals surface area (Å²) in [5.74, 6) is -2.85. The van der Waals surface area contributed by atoms with E-state index < -0.39 is 84.4 Å². The van der Waals surface area contributed by atoms with Gasteiger partial charge in [-0.15, -0.1) is 0 Å². The smallest absolute Gasteiger partial charge is 0.324 e. The highest BCUT2D eigenvalue weighted by Crippen LogP contribution is 2.42. The number of methoxy groups -OCH3 is 1. The lowest BCUT2D eigenvalue weighted by atomic mass is 9.84. The monoisotopic (exact) mass is 1040 g/mol. The Hall–Kier alpha value is -6.22. The lowest BCUT2D eigenvalue weighted by Crippen LogP contribution is -2.62. The van der Waals surface area contributed by atoms with Crippen molar-refractivity contribution in [2.24, 2.45) is 17.3 Å². The van der Waals surface area contributed by atoms with E-state index in [9.17, 15) is 34.5 Å². The Morgan fingerprint density at radius 3 is 2.59 bits per heavy atom. The maximum absolute atomic E-state index is 15.1. The highest BCUT2D eigenvalue weighted by atomic mass is 16.7. The van der Waals surface area contributed by atoms with E-state index in [2.05, 4.69) is 54.8 Å². The van der Waals surface area contributed by atoms with E-state index >= 15 is 4.79 Å². The summed E-state index contributed by atoms with van der Waals surface area (Å²) < 4.78 is 26.4. The number of amides is 4. The number of hydrazine groups is 1. The minimum atomic E-state index is -1.33. The maximum Gasteiger partial charge on any atom is 0.324 e. The van der Waals surface area contributed by atoms with Gasteiger partial charge in [0.15, 0.2) is 0 Å². The van der Waals surface area contributed by atoms with Gasteiger partial charge in [-0.1, -0.05) is 46.4 Å². The van der Waals surface area contributed by atoms with Crippen LogP contribution in [0.5, 0.6) is 5.75 Å². The highest BCUT2D eigenvalue weighted by molar-refractivity contribution is 5.96. The van der Waals surface area contributed by atoms with Gasteiger partial charge in [0.05, 0.1) is 43.2 Å². The summed E-state index contributed by atoms with van der Waals surface area (Å²) in [6.45, 7) is 14.6. The fourth-order valence-electron chi connectivity index (χ4n) is 11.2. The van der Waals surface area contributed by atoms with Crippen molar-refractivity contribution < 1.29 is 58.2 Å². The first-order valence-corrected chi connectivity index (χ1v) is 26.1. The molecule has 0 aliphatic carbocycles. The number of fused-ring (bicyclic) bond motifs is 6. The van der Waals surface area contributed by atoms with Crippen LogP contribution in [-0.2, 0) is 64.2 Å². The molecule has 2 aromatic heterocycles. The third-order valence-electron chi connectivity index (χ3n) is 14.9. The quantitative estimate of drug-likeness (QED) is 0.0945. The molecular weight excluding hydrogens is 963 g/mol. The number of hydrogen-bond donors (Lipinski definition) is 5. The SMILES string of the molecule is C=CC(=O)N1CC[C@H](C(=O)N(C)[C@H](C(=O)N[C@H]2Cc3cc(OC4C[C@@H](O)[C@H](O)[C@@H](CO)O4)cc(c3)-c3ccc4c(c3)c(c(-c3cccnc3COC)n4CC)CC(C)(C)COC(=O)[C@@H]3CCCN(N3)C2=O)C(C)C)C1. The zero-order valence-electron chi connectivity index (χ0n) is 44.1. The number of aliphatic hydroxyl groups is 3. The molecule has 1 unspecified atom stereocenters. The van der Waals surface area contributed by atoms with Gasteiger partial charge in [0.1, 0.15) is 36.1 Å². The first kappa shape index (κ1) is 55.0. The number of aromatic nitrogens is 2. The molecule has 5 N–H and O–H groups in total. The van der Waals surface area contributed by atoms with Gasteiger partial charge in [-0.05, 0) is 103 Å². The van der Waals surface area contributed by atoms with Crippen molar-refractivity contribution in [3.05, 3.63) is 84.2 Å². The van der Waals surface area contributed by atoms with Crippen molar-refractivity contribution in [3.63, 3.8) is 0 Å². The predicted molar refractivity (Wildman–Crippen MR) is 278 cm³/mol. The molecule has 2 aromatic carbocycles. The van der Waals surface area contributed by atoms with Crippen LogP contribution in [0.4, 0.5) is 0 Å². The van der Waals surface area contributed by atoms with Crippen molar-refractivity contribution in [1.29, 1.82) is 0 Å². The standard InChI is InChI=1S/C56H73N7O12/c1-9-47(66)61-20-17-35(28-61)53(69)60(7)49(32(3)4)52(68)58-42-23-33-21-36(24-37(22-33)74-48-26-45(65)51(67)46(29-64)75-48)34-15-16-44-39(25-34)40(50(62(44)10-2)38-13-11-18-57-43(38)30-72-8)27-56(5,6)31-73-55(71)41-14-12-19-63(59-41)54(42)70/h9,11,13,15-16,18,21-22,24-25,32,35,41-42,45-46,48-49,51,59,64-65,67H,1,10,12,14,17,19-20,23,26-31H2,2-8H3,(H,58,68)/t35-,41-,42-,45+,46+,48?,49-,51-/m0/s1. The summed E-state index contributed by atoms with van der Waals surface area (Å²) in [5.41, 5.74) is 9.17. The molecule has 4 aliphatic rings. The molecular formula is C56H73N7O12. The molecule has 19 heteroatoms. The van der Waals surface area contributed by atoms with Gasteiger partial charge in [-0.3, -0.25) is 34.0 Å². The van der Waals surface area contributed by atoms with E-state index in [0.717, 1.165) is 39.0 Å². The Labute approximate surface area is 438 Å². The summed E-state index contributed by atoms with van der Waals surface area (Å²) >= 11 is 0. The molecule has 8 atom stereocenters. The van der Waals surface area contributed by atoms with Crippen molar-refractivity contribution in [3.8, 4) is 28.1 Å². The van der Waals surface area contributed by atoms with Crippen LogP contribution in [0.15, 0.2) is 67.4 Å². The lowest BCUT2D eigenvalue weighted by molar-refractivity contribution is -0.229. The van der Waals surface area contributed by atoms with Crippen molar-refractivity contribution in [2.75, 3.05) is 47.0 Å². The summed E-state index contributed by atoms with van der Waals surface area (Å²) in [4.78, 5) is 78.2. The van der Waals surface area contributed by atoms with E-state index in [0.29, 0.717) is 49.9 Å².